The summed E-state index contributed by atoms with van der Waals surface area (Å²) in [5.74, 6) is 3.12. The molecule has 0 aliphatic rings. The van der Waals surface area contributed by atoms with Crippen molar-refractivity contribution in [1.82, 2.24) is 0 Å². The molecule has 2 rings (SSSR count). The van der Waals surface area contributed by atoms with E-state index in [4.69, 9.17) is 4.74 Å². The molecular formula is C19H21BOP. The summed E-state index contributed by atoms with van der Waals surface area (Å²) in [5, 5.41) is 1.36. The van der Waals surface area contributed by atoms with Crippen LogP contribution < -0.4 is 10.0 Å². The van der Waals surface area contributed by atoms with Crippen LogP contribution in [0.5, 0.6) is 5.75 Å². The molecule has 1 atom stereocenters. The van der Waals surface area contributed by atoms with E-state index in [0.29, 0.717) is 5.66 Å². The summed E-state index contributed by atoms with van der Waals surface area (Å²) in [6, 6.07) is 18.7. The molecule has 0 heterocycles. The predicted molar refractivity (Wildman–Crippen MR) is 99.4 cm³/mol. The highest BCUT2D eigenvalue weighted by Gasteiger charge is 2.11. The summed E-state index contributed by atoms with van der Waals surface area (Å²) >= 11 is 0. The monoisotopic (exact) mass is 307 g/mol. The van der Waals surface area contributed by atoms with Gasteiger partial charge in [-0.1, -0.05) is 56.3 Å². The lowest BCUT2D eigenvalue weighted by atomic mass is 10.2. The summed E-state index contributed by atoms with van der Waals surface area (Å²) in [4.78, 5) is 0. The SMILES string of the molecule is COc1ccc(P(C=C=Cc2ccccc2)C(C)C)cc1.[B]. The van der Waals surface area contributed by atoms with Crippen LogP contribution >= 0.6 is 7.92 Å². The highest BCUT2D eigenvalue weighted by atomic mass is 31.1. The first-order valence-corrected chi connectivity index (χ1v) is 8.59. The Kier molecular flexibility index (Phi) is 7.74. The van der Waals surface area contributed by atoms with E-state index in [0.717, 1.165) is 5.75 Å². The topological polar surface area (TPSA) is 9.23 Å². The van der Waals surface area contributed by atoms with Gasteiger partial charge in [-0.3, -0.25) is 0 Å². The second-order valence-electron chi connectivity index (χ2n) is 5.05. The molecule has 0 saturated carbocycles. The van der Waals surface area contributed by atoms with Gasteiger partial charge in [0.2, 0.25) is 0 Å². The third-order valence-corrected chi connectivity index (χ3v) is 5.62. The lowest BCUT2D eigenvalue weighted by Crippen LogP contribution is -2.05. The fourth-order valence-electron chi connectivity index (χ4n) is 2.04. The molecule has 0 aromatic heterocycles. The minimum absolute atomic E-state index is 0. The lowest BCUT2D eigenvalue weighted by Gasteiger charge is -2.17. The third kappa shape index (κ3) is 5.22. The highest BCUT2D eigenvalue weighted by molar-refractivity contribution is 7.69. The zero-order valence-electron chi connectivity index (χ0n) is 13.4. The van der Waals surface area contributed by atoms with Crippen LogP contribution in [0.1, 0.15) is 19.4 Å². The van der Waals surface area contributed by atoms with Crippen LogP contribution in [0.4, 0.5) is 0 Å². The van der Waals surface area contributed by atoms with Gasteiger partial charge in [-0.2, -0.15) is 0 Å². The number of benzene rings is 2. The van der Waals surface area contributed by atoms with Crippen molar-refractivity contribution >= 4 is 27.7 Å². The molecule has 1 nitrogen and oxygen atoms in total. The van der Waals surface area contributed by atoms with Gasteiger partial charge in [0.1, 0.15) is 5.75 Å². The molecule has 3 radical (unpaired) electrons. The van der Waals surface area contributed by atoms with E-state index in [1.807, 2.05) is 36.4 Å². The molecule has 2 aromatic carbocycles. The molecular weight excluding hydrogens is 286 g/mol. The first kappa shape index (κ1) is 18.3. The van der Waals surface area contributed by atoms with Crippen LogP contribution in [0.3, 0.4) is 0 Å². The van der Waals surface area contributed by atoms with E-state index in [-0.39, 0.29) is 16.3 Å². The van der Waals surface area contributed by atoms with Gasteiger partial charge in [0.25, 0.3) is 0 Å². The van der Waals surface area contributed by atoms with Crippen molar-refractivity contribution in [2.45, 2.75) is 19.5 Å². The number of methoxy groups -OCH3 is 1. The average Bonchev–Trinajstić information content (AvgIpc) is 2.52. The Balaban J connectivity index is 0.00000242. The van der Waals surface area contributed by atoms with Gasteiger partial charge in [0.15, 0.2) is 0 Å². The lowest BCUT2D eigenvalue weighted by molar-refractivity contribution is 0.415. The fourth-order valence-corrected chi connectivity index (χ4v) is 3.81. The Morgan fingerprint density at radius 1 is 1.00 bits per heavy atom. The number of ether oxygens (including phenoxy) is 1. The average molecular weight is 307 g/mol. The Hall–Kier alpha value is -1.75. The van der Waals surface area contributed by atoms with E-state index < -0.39 is 0 Å². The quantitative estimate of drug-likeness (QED) is 0.443. The molecule has 22 heavy (non-hydrogen) atoms. The maximum Gasteiger partial charge on any atom is 0.118 e. The van der Waals surface area contributed by atoms with Crippen molar-refractivity contribution in [1.29, 1.82) is 0 Å². The number of hydrogen-bond donors (Lipinski definition) is 0. The predicted octanol–water partition coefficient (Wildman–Crippen LogP) is 4.66. The largest absolute Gasteiger partial charge is 0.497 e. The van der Waals surface area contributed by atoms with E-state index in [1.165, 1.54) is 10.9 Å². The van der Waals surface area contributed by atoms with Crippen molar-refractivity contribution in [3.63, 3.8) is 0 Å². The molecule has 2 aromatic rings. The fraction of sp³-hybridized carbons (Fsp3) is 0.211. The van der Waals surface area contributed by atoms with Crippen molar-refractivity contribution in [3.05, 3.63) is 71.7 Å². The van der Waals surface area contributed by atoms with E-state index >= 15 is 0 Å². The van der Waals surface area contributed by atoms with Crippen LogP contribution in [0.2, 0.25) is 0 Å². The van der Waals surface area contributed by atoms with Crippen LogP contribution in [-0.2, 0) is 0 Å². The van der Waals surface area contributed by atoms with Crippen molar-refractivity contribution in [3.8, 4) is 5.75 Å². The Morgan fingerprint density at radius 2 is 1.64 bits per heavy atom. The van der Waals surface area contributed by atoms with Crippen LogP contribution in [-0.4, -0.2) is 21.2 Å². The second-order valence-corrected chi connectivity index (χ2v) is 7.67. The van der Waals surface area contributed by atoms with Gasteiger partial charge in [-0.25, -0.2) is 0 Å². The molecule has 0 spiro atoms. The van der Waals surface area contributed by atoms with Gasteiger partial charge in [0.05, 0.1) is 7.11 Å². The molecule has 111 valence electrons. The number of hydrogen-bond acceptors (Lipinski definition) is 1. The molecule has 1 unspecified atom stereocenters. The first-order valence-electron chi connectivity index (χ1n) is 7.11. The summed E-state index contributed by atoms with van der Waals surface area (Å²) in [6.45, 7) is 4.52. The molecule has 0 aliphatic carbocycles. The van der Waals surface area contributed by atoms with Gasteiger partial charge < -0.3 is 4.74 Å². The normalized spacial score (nSPS) is 11.1. The Bertz CT molecular complexity index is 614. The van der Waals surface area contributed by atoms with Gasteiger partial charge in [0, 0.05) is 8.41 Å². The molecule has 0 bridgehead atoms. The summed E-state index contributed by atoms with van der Waals surface area (Å²) in [7, 11) is 1.35. The molecule has 0 saturated heterocycles. The first-order chi connectivity index (χ1) is 10.2. The smallest absolute Gasteiger partial charge is 0.118 e. The van der Waals surface area contributed by atoms with Crippen molar-refractivity contribution in [2.24, 2.45) is 0 Å². The second kappa shape index (κ2) is 9.31. The van der Waals surface area contributed by atoms with Gasteiger partial charge >= 0.3 is 0 Å². The van der Waals surface area contributed by atoms with E-state index in [9.17, 15) is 0 Å². The van der Waals surface area contributed by atoms with Crippen LogP contribution in [0, 0.1) is 0 Å². The molecule has 0 aliphatic heterocycles. The van der Waals surface area contributed by atoms with Crippen LogP contribution in [0.15, 0.2) is 66.1 Å². The Morgan fingerprint density at radius 3 is 2.18 bits per heavy atom. The summed E-state index contributed by atoms with van der Waals surface area (Å²) < 4.78 is 5.22. The highest BCUT2D eigenvalue weighted by Crippen LogP contribution is 2.41. The van der Waals surface area contributed by atoms with Gasteiger partial charge in [-0.15, -0.1) is 5.73 Å². The summed E-state index contributed by atoms with van der Waals surface area (Å²) in [6.07, 6.45) is 2.04. The van der Waals surface area contributed by atoms with E-state index in [2.05, 4.69) is 49.7 Å². The van der Waals surface area contributed by atoms with Gasteiger partial charge in [-0.05, 0) is 48.5 Å². The molecule has 0 N–H and O–H groups in total. The molecule has 0 amide bonds. The van der Waals surface area contributed by atoms with E-state index in [1.54, 1.807) is 7.11 Å². The van der Waals surface area contributed by atoms with Crippen molar-refractivity contribution < 1.29 is 4.74 Å². The summed E-state index contributed by atoms with van der Waals surface area (Å²) in [5.41, 5.74) is 5.13. The third-order valence-electron chi connectivity index (χ3n) is 3.19. The maximum atomic E-state index is 5.22. The Labute approximate surface area is 137 Å². The van der Waals surface area contributed by atoms with Crippen molar-refractivity contribution in [2.75, 3.05) is 7.11 Å². The maximum absolute atomic E-state index is 5.22. The van der Waals surface area contributed by atoms with Crippen LogP contribution in [0.25, 0.3) is 6.08 Å². The zero-order chi connectivity index (χ0) is 15.1. The molecule has 0 fully saturated rings. The zero-order valence-corrected chi connectivity index (χ0v) is 14.3. The molecule has 3 heteroatoms. The minimum Gasteiger partial charge on any atom is -0.497 e. The number of rotatable bonds is 5. The standard InChI is InChI=1S/C19H21OP.B/c1-16(2)21(19-13-11-18(20-3)12-14-19)15-7-10-17-8-5-4-6-9-17;/h4-6,8-16H,1-3H3;. The minimum atomic E-state index is -0.351.